The molecule has 0 aromatic carbocycles. The van der Waals surface area contributed by atoms with Crippen molar-refractivity contribution in [1.82, 2.24) is 4.90 Å². The third-order valence-electron chi connectivity index (χ3n) is 4.61. The van der Waals surface area contributed by atoms with Crippen molar-refractivity contribution in [3.8, 4) is 0 Å². The zero-order valence-electron chi connectivity index (χ0n) is 13.6. The van der Waals surface area contributed by atoms with Gasteiger partial charge in [-0.05, 0) is 26.3 Å². The molecule has 5 nitrogen and oxygen atoms in total. The van der Waals surface area contributed by atoms with Crippen molar-refractivity contribution in [2.45, 2.75) is 63.4 Å². The number of likely N-dealkylation sites (N-methyl/N-ethyl adjacent to an activating group) is 1. The van der Waals surface area contributed by atoms with E-state index in [0.717, 1.165) is 58.3 Å². The molecule has 1 aliphatic heterocycles. The summed E-state index contributed by atoms with van der Waals surface area (Å²) in [5.41, 5.74) is 0. The minimum atomic E-state index is -0.401. The predicted octanol–water partition coefficient (Wildman–Crippen LogP) is 1.78. The van der Waals surface area contributed by atoms with E-state index in [0.29, 0.717) is 19.2 Å². The van der Waals surface area contributed by atoms with Crippen molar-refractivity contribution < 1.29 is 19.3 Å². The molecule has 0 bridgehead atoms. The molecule has 1 aliphatic carbocycles. The van der Waals surface area contributed by atoms with E-state index < -0.39 is 6.10 Å². The summed E-state index contributed by atoms with van der Waals surface area (Å²) in [7, 11) is 2.09. The molecule has 1 heterocycles. The summed E-state index contributed by atoms with van der Waals surface area (Å²) in [5, 5.41) is 10.0. The van der Waals surface area contributed by atoms with Crippen molar-refractivity contribution >= 4 is 0 Å². The summed E-state index contributed by atoms with van der Waals surface area (Å²) in [4.78, 5) is 2.26. The minimum Gasteiger partial charge on any atom is -0.389 e. The van der Waals surface area contributed by atoms with Gasteiger partial charge >= 0.3 is 0 Å². The first-order valence-electron chi connectivity index (χ1n) is 8.39. The van der Waals surface area contributed by atoms with E-state index in [-0.39, 0.29) is 5.79 Å². The first kappa shape index (κ1) is 17.2. The highest BCUT2D eigenvalue weighted by atomic mass is 16.7. The summed E-state index contributed by atoms with van der Waals surface area (Å²) in [6.45, 7) is 5.46. The molecule has 1 saturated heterocycles. The molecule has 0 aromatic rings. The number of hydrogen-bond donors (Lipinski definition) is 1. The second-order valence-electron chi connectivity index (χ2n) is 6.36. The Bertz CT molecular complexity index is 284. The fourth-order valence-corrected chi connectivity index (χ4v) is 3.27. The molecule has 1 N–H and O–H groups in total. The molecule has 1 spiro atoms. The molecule has 5 heteroatoms. The van der Waals surface area contributed by atoms with Gasteiger partial charge in [-0.25, -0.2) is 0 Å². The van der Waals surface area contributed by atoms with Crippen LogP contribution in [0.25, 0.3) is 0 Å². The van der Waals surface area contributed by atoms with Crippen LogP contribution in [-0.2, 0) is 14.2 Å². The number of hydrogen-bond acceptors (Lipinski definition) is 5. The van der Waals surface area contributed by atoms with E-state index in [1.165, 1.54) is 0 Å². The lowest BCUT2D eigenvalue weighted by Crippen LogP contribution is -2.45. The number of unbranched alkanes of at least 4 members (excludes halogenated alkanes) is 1. The van der Waals surface area contributed by atoms with Crippen LogP contribution in [0.4, 0.5) is 0 Å². The van der Waals surface area contributed by atoms with Gasteiger partial charge in [-0.1, -0.05) is 13.3 Å². The largest absolute Gasteiger partial charge is 0.389 e. The Kier molecular flexibility index (Phi) is 6.89. The van der Waals surface area contributed by atoms with E-state index in [1.54, 1.807) is 0 Å². The number of aliphatic hydroxyl groups is 1. The van der Waals surface area contributed by atoms with Crippen LogP contribution >= 0.6 is 0 Å². The molecule has 2 aliphatic rings. The van der Waals surface area contributed by atoms with E-state index in [2.05, 4.69) is 18.9 Å². The van der Waals surface area contributed by atoms with Crippen LogP contribution < -0.4 is 0 Å². The Morgan fingerprint density at radius 1 is 1.29 bits per heavy atom. The van der Waals surface area contributed by atoms with Gasteiger partial charge in [0.05, 0.1) is 25.9 Å². The van der Waals surface area contributed by atoms with Crippen LogP contribution in [-0.4, -0.2) is 68.0 Å². The molecule has 0 aromatic heterocycles. The maximum absolute atomic E-state index is 10.0. The number of aliphatic hydroxyl groups excluding tert-OH is 1. The summed E-state index contributed by atoms with van der Waals surface area (Å²) in [5.74, 6) is -0.292. The van der Waals surface area contributed by atoms with Gasteiger partial charge in [0, 0.05) is 32.0 Å². The molecule has 2 rings (SSSR count). The lowest BCUT2D eigenvalue weighted by Gasteiger charge is -2.39. The minimum absolute atomic E-state index is 0.292. The van der Waals surface area contributed by atoms with E-state index in [1.807, 2.05) is 0 Å². The van der Waals surface area contributed by atoms with Gasteiger partial charge in [0.15, 0.2) is 5.79 Å². The normalized spacial score (nSPS) is 24.0. The topological polar surface area (TPSA) is 51.2 Å². The Labute approximate surface area is 128 Å². The Hall–Kier alpha value is -0.200. The average molecular weight is 301 g/mol. The lowest BCUT2D eigenvalue weighted by molar-refractivity contribution is -0.183. The third kappa shape index (κ3) is 5.18. The quantitative estimate of drug-likeness (QED) is 0.693. The molecule has 1 unspecified atom stereocenters. The highest BCUT2D eigenvalue weighted by Gasteiger charge is 2.41. The van der Waals surface area contributed by atoms with Crippen molar-refractivity contribution in [1.29, 1.82) is 0 Å². The third-order valence-corrected chi connectivity index (χ3v) is 4.61. The smallest absolute Gasteiger partial charge is 0.168 e. The number of rotatable bonds is 8. The van der Waals surface area contributed by atoms with Crippen LogP contribution in [0.1, 0.15) is 45.4 Å². The average Bonchev–Trinajstić information content (AvgIpc) is 2.92. The van der Waals surface area contributed by atoms with Crippen LogP contribution in [0.3, 0.4) is 0 Å². The Morgan fingerprint density at radius 2 is 1.95 bits per heavy atom. The van der Waals surface area contributed by atoms with Gasteiger partial charge < -0.3 is 24.2 Å². The van der Waals surface area contributed by atoms with Gasteiger partial charge in [0.25, 0.3) is 0 Å². The molecule has 1 atom stereocenters. The van der Waals surface area contributed by atoms with Crippen LogP contribution in [0.5, 0.6) is 0 Å². The fraction of sp³-hybridized carbons (Fsp3) is 1.00. The monoisotopic (exact) mass is 301 g/mol. The van der Waals surface area contributed by atoms with E-state index in [9.17, 15) is 5.11 Å². The second-order valence-corrected chi connectivity index (χ2v) is 6.36. The van der Waals surface area contributed by atoms with E-state index >= 15 is 0 Å². The summed E-state index contributed by atoms with van der Waals surface area (Å²) < 4.78 is 17.0. The van der Waals surface area contributed by atoms with Crippen LogP contribution in [0.15, 0.2) is 0 Å². The summed E-state index contributed by atoms with van der Waals surface area (Å²) in [6, 6.07) is 0.508. The molecular formula is C16H31NO4. The Morgan fingerprint density at radius 3 is 2.57 bits per heavy atom. The van der Waals surface area contributed by atoms with Crippen LogP contribution in [0, 0.1) is 0 Å². The second kappa shape index (κ2) is 8.44. The summed E-state index contributed by atoms with van der Waals surface area (Å²) in [6.07, 6.45) is 5.86. The SMILES string of the molecule is CCCCOCC(O)CN(C)C1CCC2(CC1)OCCO2. The molecule has 0 radical (unpaired) electrons. The summed E-state index contributed by atoms with van der Waals surface area (Å²) >= 11 is 0. The van der Waals surface area contributed by atoms with Crippen molar-refractivity contribution in [2.75, 3.05) is 40.0 Å². The van der Waals surface area contributed by atoms with Gasteiger partial charge in [-0.3, -0.25) is 0 Å². The highest BCUT2D eigenvalue weighted by molar-refractivity contribution is 4.86. The molecule has 124 valence electrons. The lowest BCUT2D eigenvalue weighted by atomic mass is 9.89. The van der Waals surface area contributed by atoms with Crippen LogP contribution in [0.2, 0.25) is 0 Å². The maximum atomic E-state index is 10.0. The number of nitrogens with zero attached hydrogens (tertiary/aromatic N) is 1. The predicted molar refractivity (Wildman–Crippen MR) is 81.3 cm³/mol. The number of ether oxygens (including phenoxy) is 3. The standard InChI is InChI=1S/C16H31NO4/c1-3-4-9-19-13-15(18)12-17(2)14-5-7-16(8-6-14)20-10-11-21-16/h14-15,18H,3-13H2,1-2H3. The molecule has 1 saturated carbocycles. The molecule has 0 amide bonds. The Balaban J connectivity index is 1.63. The van der Waals surface area contributed by atoms with Crippen molar-refractivity contribution in [3.05, 3.63) is 0 Å². The molecular weight excluding hydrogens is 270 g/mol. The highest BCUT2D eigenvalue weighted by Crippen LogP contribution is 2.37. The zero-order chi connectivity index (χ0) is 15.1. The molecule has 21 heavy (non-hydrogen) atoms. The maximum Gasteiger partial charge on any atom is 0.168 e. The van der Waals surface area contributed by atoms with Crippen molar-refractivity contribution in [2.24, 2.45) is 0 Å². The van der Waals surface area contributed by atoms with E-state index in [4.69, 9.17) is 14.2 Å². The molecule has 2 fully saturated rings. The van der Waals surface area contributed by atoms with Gasteiger partial charge in [0.2, 0.25) is 0 Å². The first-order valence-corrected chi connectivity index (χ1v) is 8.39. The zero-order valence-corrected chi connectivity index (χ0v) is 13.6. The first-order chi connectivity index (χ1) is 10.2. The van der Waals surface area contributed by atoms with Gasteiger partial charge in [-0.2, -0.15) is 0 Å². The van der Waals surface area contributed by atoms with Gasteiger partial charge in [0.1, 0.15) is 0 Å². The van der Waals surface area contributed by atoms with Gasteiger partial charge in [-0.15, -0.1) is 0 Å². The fourth-order valence-electron chi connectivity index (χ4n) is 3.27. The van der Waals surface area contributed by atoms with Crippen molar-refractivity contribution in [3.63, 3.8) is 0 Å².